The number of carbonyl (C=O) groups excluding carboxylic acids is 1. The van der Waals surface area contributed by atoms with Gasteiger partial charge >= 0.3 is 0 Å². The number of fused-ring (bicyclic) bond motifs is 1. The summed E-state index contributed by atoms with van der Waals surface area (Å²) in [4.78, 5) is 11.8. The average molecular weight is 359 g/mol. The number of nitrogens with one attached hydrogen (secondary N) is 1. The van der Waals surface area contributed by atoms with Crippen molar-refractivity contribution in [2.75, 3.05) is 24.9 Å². The summed E-state index contributed by atoms with van der Waals surface area (Å²) in [6.07, 6.45) is 0.880. The number of benzene rings is 2. The Morgan fingerprint density at radius 2 is 1.96 bits per heavy atom. The van der Waals surface area contributed by atoms with E-state index in [9.17, 15) is 4.79 Å². The van der Waals surface area contributed by atoms with Crippen LogP contribution < -0.4 is 19.5 Å². The van der Waals surface area contributed by atoms with E-state index in [-0.39, 0.29) is 12.7 Å². The van der Waals surface area contributed by atoms with Gasteiger partial charge in [0.2, 0.25) is 12.7 Å². The molecule has 132 valence electrons. The zero-order valence-corrected chi connectivity index (χ0v) is 14.7. The van der Waals surface area contributed by atoms with E-state index in [1.54, 1.807) is 11.8 Å². The number of rotatable bonds is 9. The van der Waals surface area contributed by atoms with Gasteiger partial charge in [-0.15, -0.1) is 0 Å². The summed E-state index contributed by atoms with van der Waals surface area (Å²) in [5.74, 6) is 3.66. The normalized spacial score (nSPS) is 12.0. The molecule has 1 amide bonds. The molecule has 0 spiro atoms. The smallest absolute Gasteiger partial charge is 0.231 e. The van der Waals surface area contributed by atoms with Crippen LogP contribution >= 0.6 is 11.8 Å². The third-order valence-electron chi connectivity index (χ3n) is 3.61. The second-order valence-corrected chi connectivity index (χ2v) is 6.64. The maximum atomic E-state index is 11.8. The molecular formula is C19H21NO4S. The highest BCUT2D eigenvalue weighted by Crippen LogP contribution is 2.35. The Morgan fingerprint density at radius 1 is 1.12 bits per heavy atom. The molecule has 0 atom stereocenters. The molecule has 1 aliphatic rings. The summed E-state index contributed by atoms with van der Waals surface area (Å²) in [5, 5.41) is 2.92. The maximum absolute atomic E-state index is 11.8. The predicted molar refractivity (Wildman–Crippen MR) is 98.3 cm³/mol. The molecular weight excluding hydrogens is 338 g/mol. The Hall–Kier alpha value is -2.34. The molecule has 25 heavy (non-hydrogen) atoms. The molecule has 3 rings (SSSR count). The van der Waals surface area contributed by atoms with E-state index in [0.717, 1.165) is 35.0 Å². The van der Waals surface area contributed by atoms with Crippen LogP contribution in [0.15, 0.2) is 48.5 Å². The Balaban J connectivity index is 1.24. The van der Waals surface area contributed by atoms with Gasteiger partial charge in [0.25, 0.3) is 0 Å². The first-order valence-electron chi connectivity index (χ1n) is 8.22. The van der Waals surface area contributed by atoms with E-state index >= 15 is 0 Å². The molecule has 0 radical (unpaired) electrons. The van der Waals surface area contributed by atoms with Crippen molar-refractivity contribution in [3.05, 3.63) is 54.1 Å². The van der Waals surface area contributed by atoms with Gasteiger partial charge in [-0.3, -0.25) is 4.79 Å². The van der Waals surface area contributed by atoms with Crippen molar-refractivity contribution in [3.63, 3.8) is 0 Å². The van der Waals surface area contributed by atoms with Crippen LogP contribution in [-0.2, 0) is 11.3 Å². The second-order valence-electron chi connectivity index (χ2n) is 5.53. The van der Waals surface area contributed by atoms with Crippen LogP contribution in [0.3, 0.4) is 0 Å². The van der Waals surface area contributed by atoms with E-state index in [1.165, 1.54) is 0 Å². The molecule has 6 heteroatoms. The molecule has 5 nitrogen and oxygen atoms in total. The molecule has 0 fully saturated rings. The fourth-order valence-corrected chi connectivity index (χ4v) is 3.08. The van der Waals surface area contributed by atoms with Gasteiger partial charge in [-0.05, 0) is 29.9 Å². The van der Waals surface area contributed by atoms with Crippen LogP contribution in [0.25, 0.3) is 0 Å². The van der Waals surface area contributed by atoms with Gasteiger partial charge in [0.15, 0.2) is 11.5 Å². The number of thioether (sulfide) groups is 1. The Labute approximate surface area is 151 Å². The summed E-state index contributed by atoms with van der Waals surface area (Å²) >= 11 is 1.62. The van der Waals surface area contributed by atoms with Gasteiger partial charge in [0.1, 0.15) is 5.75 Å². The zero-order valence-electron chi connectivity index (χ0n) is 13.9. The van der Waals surface area contributed by atoms with Crippen LogP contribution in [0.4, 0.5) is 0 Å². The van der Waals surface area contributed by atoms with Crippen LogP contribution in [0.5, 0.6) is 17.2 Å². The molecule has 0 aromatic heterocycles. The van der Waals surface area contributed by atoms with Gasteiger partial charge in [-0.2, -0.15) is 11.8 Å². The second kappa shape index (κ2) is 9.22. The molecule has 0 unspecified atom stereocenters. The molecule has 0 saturated heterocycles. The molecule has 1 N–H and O–H groups in total. The average Bonchev–Trinajstić information content (AvgIpc) is 3.11. The Kier molecular flexibility index (Phi) is 6.45. The largest absolute Gasteiger partial charge is 0.493 e. The molecule has 2 aromatic rings. The number of hydrogen-bond donors (Lipinski definition) is 1. The van der Waals surface area contributed by atoms with Crippen molar-refractivity contribution in [1.29, 1.82) is 0 Å². The van der Waals surface area contributed by atoms with Crippen LogP contribution in [0, 0.1) is 0 Å². The highest BCUT2D eigenvalue weighted by atomic mass is 32.2. The monoisotopic (exact) mass is 359 g/mol. The summed E-state index contributed by atoms with van der Waals surface area (Å²) in [5.41, 5.74) is 1.11. The Morgan fingerprint density at radius 3 is 2.84 bits per heavy atom. The van der Waals surface area contributed by atoms with Gasteiger partial charge in [-0.1, -0.05) is 30.3 Å². The van der Waals surface area contributed by atoms with E-state index < -0.39 is 0 Å². The molecule has 0 bridgehead atoms. The summed E-state index contributed by atoms with van der Waals surface area (Å²) in [6.45, 7) is 1.45. The minimum absolute atomic E-state index is 0.0607. The lowest BCUT2D eigenvalue weighted by molar-refractivity contribution is -0.118. The van der Waals surface area contributed by atoms with Crippen LogP contribution in [0.2, 0.25) is 0 Å². The number of hydrogen-bond acceptors (Lipinski definition) is 5. The van der Waals surface area contributed by atoms with Crippen LogP contribution in [0.1, 0.15) is 12.0 Å². The fourth-order valence-electron chi connectivity index (χ4n) is 2.33. The number of amides is 1. The fraction of sp³-hybridized carbons (Fsp3) is 0.316. The van der Waals surface area contributed by atoms with Crippen LogP contribution in [-0.4, -0.2) is 30.8 Å². The lowest BCUT2D eigenvalue weighted by Crippen LogP contribution is -2.24. The predicted octanol–water partition coefficient (Wildman–Crippen LogP) is 3.23. The first-order valence-corrected chi connectivity index (χ1v) is 9.37. The molecule has 1 heterocycles. The first-order chi connectivity index (χ1) is 12.3. The lowest BCUT2D eigenvalue weighted by atomic mass is 10.2. The molecule has 0 saturated carbocycles. The maximum Gasteiger partial charge on any atom is 0.231 e. The summed E-state index contributed by atoms with van der Waals surface area (Å²) in [6, 6.07) is 15.5. The standard InChI is InChI=1S/C19H21NO4S/c21-19(20-12-15-5-2-1-3-6-15)13-25-10-4-9-22-16-7-8-17-18(11-16)24-14-23-17/h1-3,5-8,11H,4,9-10,12-14H2,(H,20,21). The van der Waals surface area contributed by atoms with E-state index in [2.05, 4.69) is 5.32 Å². The summed E-state index contributed by atoms with van der Waals surface area (Å²) in [7, 11) is 0. The van der Waals surface area contributed by atoms with Gasteiger partial charge in [-0.25, -0.2) is 0 Å². The van der Waals surface area contributed by atoms with E-state index in [4.69, 9.17) is 14.2 Å². The third-order valence-corrected chi connectivity index (χ3v) is 4.66. The van der Waals surface area contributed by atoms with Crippen molar-refractivity contribution in [1.82, 2.24) is 5.32 Å². The quantitative estimate of drug-likeness (QED) is 0.697. The molecule has 0 aliphatic carbocycles. The van der Waals surface area contributed by atoms with Gasteiger partial charge in [0, 0.05) is 12.6 Å². The number of ether oxygens (including phenoxy) is 3. The topological polar surface area (TPSA) is 56.8 Å². The van der Waals surface area contributed by atoms with E-state index in [1.807, 2.05) is 48.5 Å². The van der Waals surface area contributed by atoms with Gasteiger partial charge < -0.3 is 19.5 Å². The van der Waals surface area contributed by atoms with Gasteiger partial charge in [0.05, 0.1) is 12.4 Å². The first kappa shape index (κ1) is 17.5. The van der Waals surface area contributed by atoms with Crippen molar-refractivity contribution >= 4 is 17.7 Å². The Bertz CT molecular complexity index is 693. The van der Waals surface area contributed by atoms with E-state index in [0.29, 0.717) is 18.9 Å². The summed E-state index contributed by atoms with van der Waals surface area (Å²) < 4.78 is 16.3. The number of carbonyl (C=O) groups is 1. The minimum atomic E-state index is 0.0607. The highest BCUT2D eigenvalue weighted by molar-refractivity contribution is 7.99. The minimum Gasteiger partial charge on any atom is -0.493 e. The highest BCUT2D eigenvalue weighted by Gasteiger charge is 2.13. The zero-order chi connectivity index (χ0) is 17.3. The van der Waals surface area contributed by atoms with Crippen molar-refractivity contribution in [2.24, 2.45) is 0 Å². The van der Waals surface area contributed by atoms with Crippen molar-refractivity contribution < 1.29 is 19.0 Å². The van der Waals surface area contributed by atoms with Crippen molar-refractivity contribution in [3.8, 4) is 17.2 Å². The molecule has 1 aliphatic heterocycles. The third kappa shape index (κ3) is 5.60. The van der Waals surface area contributed by atoms with Crippen molar-refractivity contribution in [2.45, 2.75) is 13.0 Å². The lowest BCUT2D eigenvalue weighted by Gasteiger charge is -2.07. The SMILES string of the molecule is O=C(CSCCCOc1ccc2c(c1)OCO2)NCc1ccccc1. The molecule has 2 aromatic carbocycles.